The van der Waals surface area contributed by atoms with Crippen molar-refractivity contribution in [1.29, 1.82) is 5.26 Å². The smallest absolute Gasteiger partial charge is 0.269 e. The summed E-state index contributed by atoms with van der Waals surface area (Å²) < 4.78 is 7.57. The largest absolute Gasteiger partial charge is 0.379 e. The quantitative estimate of drug-likeness (QED) is 0.630. The molecule has 2 aromatic rings. The molecule has 1 aliphatic rings. The van der Waals surface area contributed by atoms with Crippen molar-refractivity contribution in [2.75, 3.05) is 39.4 Å². The van der Waals surface area contributed by atoms with Gasteiger partial charge in [-0.05, 0) is 28.5 Å². The third-order valence-electron chi connectivity index (χ3n) is 4.43. The van der Waals surface area contributed by atoms with E-state index < -0.39 is 5.91 Å². The third-order valence-corrected chi connectivity index (χ3v) is 6.26. The molecule has 29 heavy (non-hydrogen) atoms. The van der Waals surface area contributed by atoms with Crippen LogP contribution in [-0.2, 0) is 16.1 Å². The van der Waals surface area contributed by atoms with Crippen LogP contribution in [0.25, 0.3) is 11.6 Å². The summed E-state index contributed by atoms with van der Waals surface area (Å²) in [6.07, 6.45) is 3.36. The highest BCUT2D eigenvalue weighted by molar-refractivity contribution is 7.08. The first-order chi connectivity index (χ1) is 14.1. The highest BCUT2D eigenvalue weighted by Gasteiger charge is 2.16. The number of morpholine rings is 1. The van der Waals surface area contributed by atoms with Gasteiger partial charge in [-0.15, -0.1) is 17.9 Å². The number of nitrogens with zero attached hydrogens (tertiary/aromatic N) is 3. The predicted molar refractivity (Wildman–Crippen MR) is 115 cm³/mol. The molecule has 7 nitrogen and oxygen atoms in total. The van der Waals surface area contributed by atoms with Crippen LogP contribution in [0, 0.1) is 11.3 Å². The number of rotatable bonds is 7. The van der Waals surface area contributed by atoms with Crippen LogP contribution in [0.15, 0.2) is 34.3 Å². The second kappa shape index (κ2) is 10.3. The Morgan fingerprint density at radius 1 is 1.41 bits per heavy atom. The van der Waals surface area contributed by atoms with Crippen LogP contribution in [0.2, 0.25) is 0 Å². The van der Waals surface area contributed by atoms with Crippen LogP contribution in [-0.4, -0.2) is 54.8 Å². The maximum absolute atomic E-state index is 12.8. The lowest BCUT2D eigenvalue weighted by molar-refractivity contribution is -0.115. The number of nitrogens with one attached hydrogen (secondary N) is 1. The SMILES string of the molecule is C=CCn1c(=O)c(=Cc2ccsc2)s/c1=C(\C#N)C(=O)NCCN1CCOCC1. The van der Waals surface area contributed by atoms with Gasteiger partial charge in [0, 0.05) is 32.7 Å². The van der Waals surface area contributed by atoms with Crippen LogP contribution in [0.4, 0.5) is 0 Å². The summed E-state index contributed by atoms with van der Waals surface area (Å²) in [5.74, 6) is -0.470. The molecule has 1 saturated heterocycles. The molecule has 1 amide bonds. The minimum absolute atomic E-state index is 0.0547. The molecular weight excluding hydrogens is 408 g/mol. The Hall–Kier alpha value is -2.51. The summed E-state index contributed by atoms with van der Waals surface area (Å²) in [6.45, 7) is 8.07. The third kappa shape index (κ3) is 5.31. The molecule has 1 fully saturated rings. The van der Waals surface area contributed by atoms with E-state index in [1.54, 1.807) is 12.2 Å². The first kappa shape index (κ1) is 21.2. The summed E-state index contributed by atoms with van der Waals surface area (Å²) >= 11 is 2.69. The number of hydrogen-bond acceptors (Lipinski definition) is 7. The van der Waals surface area contributed by atoms with Gasteiger partial charge >= 0.3 is 0 Å². The van der Waals surface area contributed by atoms with Crippen LogP contribution in [0.1, 0.15) is 5.56 Å². The fraction of sp³-hybridized carbons (Fsp3) is 0.350. The van der Waals surface area contributed by atoms with Crippen LogP contribution in [0.3, 0.4) is 0 Å². The van der Waals surface area contributed by atoms with E-state index >= 15 is 0 Å². The molecule has 1 aliphatic heterocycles. The average Bonchev–Trinajstić information content (AvgIpc) is 3.34. The minimum Gasteiger partial charge on any atom is -0.379 e. The van der Waals surface area contributed by atoms with Crippen molar-refractivity contribution in [3.05, 3.63) is 54.6 Å². The molecule has 0 unspecified atom stereocenters. The molecule has 1 N–H and O–H groups in total. The Bertz CT molecular complexity index is 1070. The van der Waals surface area contributed by atoms with Crippen molar-refractivity contribution in [3.63, 3.8) is 0 Å². The summed E-state index contributed by atoms with van der Waals surface area (Å²) in [7, 11) is 0. The lowest BCUT2D eigenvalue weighted by atomic mass is 10.3. The average molecular weight is 431 g/mol. The first-order valence-corrected chi connectivity index (χ1v) is 11.0. The molecule has 0 bridgehead atoms. The van der Waals surface area contributed by atoms with Crippen molar-refractivity contribution < 1.29 is 9.53 Å². The van der Waals surface area contributed by atoms with Gasteiger partial charge in [-0.25, -0.2) is 0 Å². The first-order valence-electron chi connectivity index (χ1n) is 9.21. The molecule has 9 heteroatoms. The van der Waals surface area contributed by atoms with Crippen molar-refractivity contribution in [1.82, 2.24) is 14.8 Å². The standard InChI is InChI=1S/C20H22N4O3S2/c1-2-5-24-19(26)17(12-15-3-11-28-14-15)29-20(24)16(13-21)18(25)22-4-6-23-7-9-27-10-8-23/h2-3,11-12,14H,1,4-10H2,(H,22,25)/b17-12?,20-16+. The van der Waals surface area contributed by atoms with Gasteiger partial charge in [0.15, 0.2) is 5.57 Å². The summed E-state index contributed by atoms with van der Waals surface area (Å²) in [4.78, 5) is 27.6. The molecule has 0 radical (unpaired) electrons. The van der Waals surface area contributed by atoms with Gasteiger partial charge in [-0.3, -0.25) is 19.1 Å². The maximum Gasteiger partial charge on any atom is 0.269 e. The lowest BCUT2D eigenvalue weighted by Gasteiger charge is -2.26. The number of thiazole rings is 1. The summed E-state index contributed by atoms with van der Waals surface area (Å²) in [5, 5.41) is 16.3. The van der Waals surface area contributed by atoms with Crippen LogP contribution < -0.4 is 20.1 Å². The molecule has 3 heterocycles. The normalized spacial score (nSPS) is 16.3. The fourth-order valence-electron chi connectivity index (χ4n) is 2.95. The van der Waals surface area contributed by atoms with Crippen molar-refractivity contribution >= 4 is 40.2 Å². The van der Waals surface area contributed by atoms with E-state index in [-0.39, 0.29) is 17.7 Å². The number of aromatic nitrogens is 1. The summed E-state index contributed by atoms with van der Waals surface area (Å²) in [5.41, 5.74) is 0.630. The lowest BCUT2D eigenvalue weighted by Crippen LogP contribution is -2.42. The molecule has 0 aliphatic carbocycles. The Labute approximate surface area is 176 Å². The van der Waals surface area contributed by atoms with Gasteiger partial charge < -0.3 is 10.1 Å². The number of carbonyl (C=O) groups excluding carboxylic acids is 1. The predicted octanol–water partition coefficient (Wildman–Crippen LogP) is 0.109. The second-order valence-electron chi connectivity index (χ2n) is 6.37. The Balaban J connectivity index is 1.89. The summed E-state index contributed by atoms with van der Waals surface area (Å²) in [6, 6.07) is 3.89. The highest BCUT2D eigenvalue weighted by Crippen LogP contribution is 2.06. The number of amides is 1. The van der Waals surface area contributed by atoms with Crippen LogP contribution in [0.5, 0.6) is 0 Å². The van der Waals surface area contributed by atoms with E-state index in [1.807, 2.05) is 22.9 Å². The van der Waals surface area contributed by atoms with E-state index in [1.165, 1.54) is 15.9 Å². The van der Waals surface area contributed by atoms with Gasteiger partial charge in [-0.1, -0.05) is 6.08 Å². The van der Waals surface area contributed by atoms with Crippen LogP contribution >= 0.6 is 22.7 Å². The van der Waals surface area contributed by atoms with Gasteiger partial charge in [0.25, 0.3) is 11.5 Å². The van der Waals surface area contributed by atoms with E-state index in [0.29, 0.717) is 35.5 Å². The number of carbonyl (C=O) groups is 1. The van der Waals surface area contributed by atoms with E-state index in [9.17, 15) is 14.9 Å². The maximum atomic E-state index is 12.8. The fourth-order valence-corrected chi connectivity index (χ4v) is 4.67. The molecule has 2 aromatic heterocycles. The molecule has 3 rings (SSSR count). The molecule has 152 valence electrons. The van der Waals surface area contributed by atoms with E-state index in [4.69, 9.17) is 4.74 Å². The molecule has 0 saturated carbocycles. The Morgan fingerprint density at radius 2 is 2.21 bits per heavy atom. The number of nitriles is 1. The molecular formula is C20H22N4O3S2. The number of allylic oxidation sites excluding steroid dienone is 1. The highest BCUT2D eigenvalue weighted by atomic mass is 32.1. The van der Waals surface area contributed by atoms with Gasteiger partial charge in [0.2, 0.25) is 0 Å². The second-order valence-corrected chi connectivity index (χ2v) is 8.18. The van der Waals surface area contributed by atoms with Crippen molar-refractivity contribution in [2.24, 2.45) is 0 Å². The minimum atomic E-state index is -0.470. The van der Waals surface area contributed by atoms with Crippen molar-refractivity contribution in [3.8, 4) is 6.07 Å². The molecule has 0 atom stereocenters. The topological polar surface area (TPSA) is 87.4 Å². The number of hydrogen-bond donors (Lipinski definition) is 1. The zero-order valence-corrected chi connectivity index (χ0v) is 17.6. The Morgan fingerprint density at radius 3 is 2.86 bits per heavy atom. The van der Waals surface area contributed by atoms with Gasteiger partial charge in [0.05, 0.1) is 17.7 Å². The van der Waals surface area contributed by atoms with E-state index in [0.717, 1.165) is 30.0 Å². The van der Waals surface area contributed by atoms with Crippen molar-refractivity contribution in [2.45, 2.75) is 6.54 Å². The zero-order valence-electron chi connectivity index (χ0n) is 15.9. The number of ether oxygens (including phenoxy) is 1. The molecule has 0 spiro atoms. The molecule has 0 aromatic carbocycles. The van der Waals surface area contributed by atoms with Gasteiger partial charge in [0.1, 0.15) is 10.7 Å². The zero-order chi connectivity index (χ0) is 20.6. The van der Waals surface area contributed by atoms with E-state index in [2.05, 4.69) is 16.8 Å². The monoisotopic (exact) mass is 430 g/mol. The number of thiophene rings is 1. The Kier molecular flexibility index (Phi) is 7.55. The van der Waals surface area contributed by atoms with Gasteiger partial charge in [-0.2, -0.15) is 16.6 Å².